The molecule has 0 radical (unpaired) electrons. The molecule has 0 aromatic rings. The fourth-order valence-electron chi connectivity index (χ4n) is 1.81. The highest BCUT2D eigenvalue weighted by molar-refractivity contribution is 6.82. The SMILES string of the molecule is COC1=CCBN([Si](C)(C)C(C)(C)C)C1. The molecule has 0 bridgehead atoms. The van der Waals surface area contributed by atoms with Crippen molar-refractivity contribution in [2.75, 3.05) is 13.7 Å². The minimum atomic E-state index is -1.35. The number of nitrogens with zero attached hydrogens (tertiary/aromatic N) is 1. The lowest BCUT2D eigenvalue weighted by atomic mass is 9.86. The number of rotatable bonds is 2. The summed E-state index contributed by atoms with van der Waals surface area (Å²) in [6.45, 7) is 13.0. The Hall–Kier alpha value is -0.218. The maximum Gasteiger partial charge on any atom is 0.201 e. The molecule has 1 heterocycles. The summed E-state index contributed by atoms with van der Waals surface area (Å²) >= 11 is 0. The molecule has 0 spiro atoms. The van der Waals surface area contributed by atoms with Crippen LogP contribution in [0.25, 0.3) is 0 Å². The van der Waals surface area contributed by atoms with E-state index in [-0.39, 0.29) is 0 Å². The molecule has 0 atom stereocenters. The van der Waals surface area contributed by atoms with E-state index in [1.165, 1.54) is 7.41 Å². The molecule has 0 aromatic heterocycles. The van der Waals surface area contributed by atoms with Gasteiger partial charge in [-0.2, -0.15) is 0 Å². The lowest BCUT2D eigenvalue weighted by Gasteiger charge is -2.47. The van der Waals surface area contributed by atoms with Crippen LogP contribution in [0.3, 0.4) is 0 Å². The molecule has 0 unspecified atom stereocenters. The first-order valence-electron chi connectivity index (χ1n) is 5.77. The van der Waals surface area contributed by atoms with E-state index >= 15 is 0 Å². The molecule has 1 aliphatic rings. The third-order valence-corrected chi connectivity index (χ3v) is 9.64. The van der Waals surface area contributed by atoms with Crippen LogP contribution in [0.4, 0.5) is 0 Å². The fraction of sp³-hybridized carbons (Fsp3) is 0.818. The van der Waals surface area contributed by atoms with Gasteiger partial charge in [-0.15, -0.1) is 0 Å². The standard InChI is InChI=1S/C11H24BNOSi/c1-11(2,3)15(5,6)13-9-10(14-4)7-8-12-13/h7,12H,8-9H2,1-6H3. The monoisotopic (exact) mass is 225 g/mol. The topological polar surface area (TPSA) is 12.5 Å². The van der Waals surface area contributed by atoms with Crippen LogP contribution in [0.1, 0.15) is 20.8 Å². The molecule has 1 rings (SSSR count). The van der Waals surface area contributed by atoms with Crippen LogP contribution >= 0.6 is 0 Å². The van der Waals surface area contributed by atoms with Crippen molar-refractivity contribution >= 4 is 15.6 Å². The summed E-state index contributed by atoms with van der Waals surface area (Å²) in [6, 6.07) is 0. The van der Waals surface area contributed by atoms with E-state index < -0.39 is 8.24 Å². The first-order valence-corrected chi connectivity index (χ1v) is 8.72. The summed E-state index contributed by atoms with van der Waals surface area (Å²) in [7, 11) is 1.63. The van der Waals surface area contributed by atoms with Gasteiger partial charge in [-0.05, 0) is 11.4 Å². The van der Waals surface area contributed by atoms with Gasteiger partial charge in [-0.3, -0.25) is 0 Å². The van der Waals surface area contributed by atoms with Gasteiger partial charge in [0.05, 0.1) is 7.11 Å². The third-order valence-electron chi connectivity index (χ3n) is 4.01. The normalized spacial score (nSPS) is 19.5. The van der Waals surface area contributed by atoms with Crippen molar-refractivity contribution in [3.8, 4) is 0 Å². The van der Waals surface area contributed by atoms with Crippen molar-refractivity contribution in [1.82, 2.24) is 4.48 Å². The molecule has 0 aromatic carbocycles. The molecule has 0 fully saturated rings. The van der Waals surface area contributed by atoms with Gasteiger partial charge >= 0.3 is 0 Å². The van der Waals surface area contributed by atoms with Crippen molar-refractivity contribution in [3.63, 3.8) is 0 Å². The van der Waals surface area contributed by atoms with Crippen LogP contribution < -0.4 is 0 Å². The quantitative estimate of drug-likeness (QED) is 0.670. The molecule has 2 nitrogen and oxygen atoms in total. The zero-order valence-electron chi connectivity index (χ0n) is 11.1. The summed E-state index contributed by atoms with van der Waals surface area (Å²) in [5.74, 6) is 1.14. The van der Waals surface area contributed by atoms with Crippen molar-refractivity contribution in [2.24, 2.45) is 0 Å². The molecule has 0 saturated heterocycles. The van der Waals surface area contributed by atoms with E-state index in [2.05, 4.69) is 44.4 Å². The molecule has 0 amide bonds. The van der Waals surface area contributed by atoms with Crippen molar-refractivity contribution in [2.45, 2.75) is 45.2 Å². The van der Waals surface area contributed by atoms with E-state index in [0.717, 1.165) is 18.6 Å². The van der Waals surface area contributed by atoms with Gasteiger partial charge < -0.3 is 9.21 Å². The number of allylic oxidation sites excluding steroid dienone is 1. The molecule has 0 N–H and O–H groups in total. The van der Waals surface area contributed by atoms with Gasteiger partial charge in [0.1, 0.15) is 14.0 Å². The fourth-order valence-corrected chi connectivity index (χ4v) is 4.00. The predicted octanol–water partition coefficient (Wildman–Crippen LogP) is 2.61. The van der Waals surface area contributed by atoms with E-state index in [1.54, 1.807) is 7.11 Å². The van der Waals surface area contributed by atoms with Gasteiger partial charge in [-0.1, -0.05) is 39.9 Å². The Balaban J connectivity index is 2.78. The highest BCUT2D eigenvalue weighted by Gasteiger charge is 2.41. The summed E-state index contributed by atoms with van der Waals surface area (Å²) in [5, 5.41) is 0.420. The molecule has 15 heavy (non-hydrogen) atoms. The Bertz CT molecular complexity index is 258. The lowest BCUT2D eigenvalue weighted by molar-refractivity contribution is 0.268. The van der Waals surface area contributed by atoms with E-state index in [1.807, 2.05) is 0 Å². The van der Waals surface area contributed by atoms with Crippen LogP contribution in [0.2, 0.25) is 24.5 Å². The summed E-state index contributed by atoms with van der Waals surface area (Å²) in [4.78, 5) is 0. The van der Waals surface area contributed by atoms with Gasteiger partial charge in [-0.25, -0.2) is 0 Å². The second-order valence-electron chi connectivity index (χ2n) is 5.89. The first-order chi connectivity index (χ1) is 6.79. The maximum absolute atomic E-state index is 5.37. The van der Waals surface area contributed by atoms with Gasteiger partial charge in [0.15, 0.2) is 0 Å². The maximum atomic E-state index is 5.37. The van der Waals surface area contributed by atoms with Crippen LogP contribution in [0.5, 0.6) is 0 Å². The van der Waals surface area contributed by atoms with Gasteiger partial charge in [0.2, 0.25) is 7.41 Å². The zero-order valence-corrected chi connectivity index (χ0v) is 12.1. The molecule has 0 aliphatic carbocycles. The summed E-state index contributed by atoms with van der Waals surface area (Å²) in [5.41, 5.74) is 0. The predicted molar refractivity (Wildman–Crippen MR) is 71.0 cm³/mol. The van der Waals surface area contributed by atoms with E-state index in [9.17, 15) is 0 Å². The number of hydrogen-bond acceptors (Lipinski definition) is 2. The Morgan fingerprint density at radius 3 is 2.47 bits per heavy atom. The van der Waals surface area contributed by atoms with Crippen LogP contribution in [-0.4, -0.2) is 33.8 Å². The molecule has 4 heteroatoms. The average molecular weight is 225 g/mol. The summed E-state index contributed by atoms with van der Waals surface area (Å²) in [6.07, 6.45) is 3.36. The van der Waals surface area contributed by atoms with E-state index in [4.69, 9.17) is 4.74 Å². The molecule has 86 valence electrons. The van der Waals surface area contributed by atoms with Gasteiger partial charge in [0, 0.05) is 6.54 Å². The minimum Gasteiger partial charge on any atom is -0.500 e. The Morgan fingerprint density at radius 2 is 2.00 bits per heavy atom. The minimum absolute atomic E-state index is 0.420. The van der Waals surface area contributed by atoms with Crippen molar-refractivity contribution < 1.29 is 4.74 Å². The number of ether oxygens (including phenoxy) is 1. The lowest BCUT2D eigenvalue weighted by Crippen LogP contribution is -2.57. The Morgan fingerprint density at radius 1 is 1.40 bits per heavy atom. The second kappa shape index (κ2) is 4.34. The number of methoxy groups -OCH3 is 1. The van der Waals surface area contributed by atoms with Crippen LogP contribution in [0, 0.1) is 0 Å². The van der Waals surface area contributed by atoms with Crippen LogP contribution in [-0.2, 0) is 4.74 Å². The van der Waals surface area contributed by atoms with Crippen molar-refractivity contribution in [1.29, 1.82) is 0 Å². The number of hydrogen-bond donors (Lipinski definition) is 0. The molecular formula is C11H24BNOSi. The molecule has 0 saturated carbocycles. The molecule has 1 aliphatic heterocycles. The van der Waals surface area contributed by atoms with Crippen LogP contribution in [0.15, 0.2) is 11.8 Å². The van der Waals surface area contributed by atoms with Gasteiger partial charge in [0.25, 0.3) is 0 Å². The Kier molecular flexibility index (Phi) is 3.72. The zero-order chi connectivity index (χ0) is 11.7. The summed E-state index contributed by atoms with van der Waals surface area (Å²) < 4.78 is 8.03. The van der Waals surface area contributed by atoms with Crippen molar-refractivity contribution in [3.05, 3.63) is 11.8 Å². The largest absolute Gasteiger partial charge is 0.500 e. The second-order valence-corrected chi connectivity index (χ2v) is 11.1. The first kappa shape index (κ1) is 12.8. The molecular weight excluding hydrogens is 201 g/mol. The highest BCUT2D eigenvalue weighted by Crippen LogP contribution is 2.38. The highest BCUT2D eigenvalue weighted by atomic mass is 28.3. The Labute approximate surface area is 96.0 Å². The van der Waals surface area contributed by atoms with E-state index in [0.29, 0.717) is 5.04 Å². The smallest absolute Gasteiger partial charge is 0.201 e. The average Bonchev–Trinajstić information content (AvgIpc) is 2.16. The third kappa shape index (κ3) is 2.67.